The molecule has 6 heteroatoms. The Morgan fingerprint density at radius 3 is 2.27 bits per heavy atom. The van der Waals surface area contributed by atoms with Crippen molar-refractivity contribution in [2.75, 3.05) is 26.2 Å². The molecule has 1 aliphatic heterocycles. The highest BCUT2D eigenvalue weighted by Gasteiger charge is 2.28. The lowest BCUT2D eigenvalue weighted by atomic mass is 9.75. The average Bonchev–Trinajstić information content (AvgIpc) is 2.64. The zero-order valence-corrected chi connectivity index (χ0v) is 19.4. The van der Waals surface area contributed by atoms with E-state index in [1.165, 1.54) is 25.9 Å². The number of esters is 1. The van der Waals surface area contributed by atoms with Gasteiger partial charge < -0.3 is 15.0 Å². The summed E-state index contributed by atoms with van der Waals surface area (Å²) in [5.74, 6) is 0.586. The number of likely N-dealkylation sites (tertiary alicyclic amines) is 1. The number of piperidine rings is 1. The fourth-order valence-corrected chi connectivity index (χ4v) is 3.64. The van der Waals surface area contributed by atoms with E-state index in [4.69, 9.17) is 14.3 Å². The molecule has 0 aliphatic carbocycles. The summed E-state index contributed by atoms with van der Waals surface area (Å²) in [7, 11) is 0. The molecule has 1 aromatic rings. The molecule has 0 spiro atoms. The Kier molecular flexibility index (Phi) is 10.4. The third-order valence-corrected chi connectivity index (χ3v) is 5.31. The molecule has 0 aromatic heterocycles. The van der Waals surface area contributed by atoms with Crippen molar-refractivity contribution >= 4 is 12.1 Å². The van der Waals surface area contributed by atoms with Crippen LogP contribution in [0.25, 0.3) is 0 Å². The molecule has 1 heterocycles. The van der Waals surface area contributed by atoms with Crippen molar-refractivity contribution in [3.05, 3.63) is 35.4 Å². The molecule has 30 heavy (non-hydrogen) atoms. The molecule has 1 aromatic carbocycles. The van der Waals surface area contributed by atoms with E-state index in [0.717, 1.165) is 31.1 Å². The van der Waals surface area contributed by atoms with Crippen molar-refractivity contribution in [2.45, 2.75) is 66.5 Å². The summed E-state index contributed by atoms with van der Waals surface area (Å²) < 4.78 is 5.45. The number of hydrogen-bond donors (Lipinski definition) is 1. The van der Waals surface area contributed by atoms with Gasteiger partial charge in [-0.3, -0.25) is 0 Å². The van der Waals surface area contributed by atoms with Gasteiger partial charge in [0.2, 0.25) is 0 Å². The summed E-state index contributed by atoms with van der Waals surface area (Å²) in [5, 5.41) is 3.51. The van der Waals surface area contributed by atoms with Crippen LogP contribution in [0.5, 0.6) is 0 Å². The highest BCUT2D eigenvalue weighted by molar-refractivity contribution is 5.89. The zero-order valence-electron chi connectivity index (χ0n) is 19.4. The van der Waals surface area contributed by atoms with E-state index >= 15 is 0 Å². The predicted octanol–water partition coefficient (Wildman–Crippen LogP) is 3.91. The van der Waals surface area contributed by atoms with Gasteiger partial charge in [0, 0.05) is 19.6 Å². The molecule has 2 rings (SSSR count). The van der Waals surface area contributed by atoms with Crippen molar-refractivity contribution in [3.8, 4) is 0 Å². The molecular weight excluding hydrogens is 380 g/mol. The third-order valence-electron chi connectivity index (χ3n) is 5.31. The summed E-state index contributed by atoms with van der Waals surface area (Å²) in [4.78, 5) is 31.0. The van der Waals surface area contributed by atoms with Gasteiger partial charge in [-0.25, -0.2) is 4.79 Å². The molecule has 1 aliphatic rings. The summed E-state index contributed by atoms with van der Waals surface area (Å²) in [6, 6.07) is 7.72. The van der Waals surface area contributed by atoms with Gasteiger partial charge in [-0.15, -0.1) is 0 Å². The van der Waals surface area contributed by atoms with Crippen molar-refractivity contribution in [3.63, 3.8) is 0 Å². The Balaban J connectivity index is 0.00000141. The molecule has 6 nitrogen and oxygen atoms in total. The van der Waals surface area contributed by atoms with Gasteiger partial charge in [-0.1, -0.05) is 32.9 Å². The molecule has 0 atom stereocenters. The Morgan fingerprint density at radius 1 is 1.13 bits per heavy atom. The molecule has 0 unspecified atom stereocenters. The van der Waals surface area contributed by atoms with Gasteiger partial charge in [0.15, 0.2) is 0 Å². The van der Waals surface area contributed by atoms with Crippen LogP contribution in [0, 0.1) is 11.3 Å². The predicted molar refractivity (Wildman–Crippen MR) is 117 cm³/mol. The van der Waals surface area contributed by atoms with E-state index in [1.807, 2.05) is 39.0 Å². The second-order valence-corrected chi connectivity index (χ2v) is 9.94. The van der Waals surface area contributed by atoms with Crippen LogP contribution in [-0.2, 0) is 20.9 Å². The van der Waals surface area contributed by atoms with E-state index < -0.39 is 5.60 Å². The van der Waals surface area contributed by atoms with Crippen LogP contribution in [0.4, 0.5) is 0 Å². The maximum atomic E-state index is 12.2. The van der Waals surface area contributed by atoms with Crippen LogP contribution in [-0.4, -0.2) is 48.8 Å². The van der Waals surface area contributed by atoms with Gasteiger partial charge in [-0.2, -0.15) is 9.59 Å². The van der Waals surface area contributed by atoms with Gasteiger partial charge >= 0.3 is 12.1 Å². The molecule has 1 saturated heterocycles. The molecule has 0 amide bonds. The number of hydrogen-bond acceptors (Lipinski definition) is 6. The normalized spacial score (nSPS) is 15.7. The molecule has 1 fully saturated rings. The number of rotatable bonds is 6. The minimum Gasteiger partial charge on any atom is -0.456 e. The number of nitrogens with zero attached hydrogens (tertiary/aromatic N) is 1. The van der Waals surface area contributed by atoms with Gasteiger partial charge in [-0.05, 0) is 75.7 Å². The Labute approximate surface area is 181 Å². The Bertz CT molecular complexity index is 690. The van der Waals surface area contributed by atoms with Crippen LogP contribution >= 0.6 is 0 Å². The number of benzene rings is 1. The number of nitrogens with one attached hydrogen (secondary N) is 1. The Morgan fingerprint density at radius 2 is 1.73 bits per heavy atom. The molecule has 1 N–H and O–H groups in total. The third kappa shape index (κ3) is 10.1. The number of ether oxygens (including phenoxy) is 1. The molecule has 0 radical (unpaired) electrons. The first-order valence-corrected chi connectivity index (χ1v) is 10.7. The van der Waals surface area contributed by atoms with Crippen LogP contribution < -0.4 is 5.32 Å². The second-order valence-electron chi connectivity index (χ2n) is 9.94. The van der Waals surface area contributed by atoms with Crippen molar-refractivity contribution in [1.82, 2.24) is 10.2 Å². The first kappa shape index (κ1) is 26.0. The molecule has 168 valence electrons. The lowest BCUT2D eigenvalue weighted by Crippen LogP contribution is -2.40. The largest absolute Gasteiger partial charge is 0.456 e. The van der Waals surface area contributed by atoms with Crippen molar-refractivity contribution in [1.29, 1.82) is 0 Å². The Hall–Kier alpha value is -2.01. The maximum absolute atomic E-state index is 12.2. The van der Waals surface area contributed by atoms with Gasteiger partial charge in [0.1, 0.15) is 5.60 Å². The quantitative estimate of drug-likeness (QED) is 0.558. The smallest absolute Gasteiger partial charge is 0.373 e. The summed E-state index contributed by atoms with van der Waals surface area (Å²) >= 11 is 0. The van der Waals surface area contributed by atoms with E-state index in [0.29, 0.717) is 11.0 Å². The lowest BCUT2D eigenvalue weighted by molar-refractivity contribution is -0.191. The SMILES string of the molecule is CC(C)(C)OC(=O)c1cccc(CNCCN2CCC(C(C)(C)C)CC2)c1.O=C=O. The first-order valence-electron chi connectivity index (χ1n) is 10.7. The minimum absolute atomic E-state index is 0.250. The molecular formula is C24H38N2O4. The second kappa shape index (κ2) is 12.0. The van der Waals surface area contributed by atoms with Crippen molar-refractivity contribution < 1.29 is 19.1 Å². The van der Waals surface area contributed by atoms with E-state index in [2.05, 4.69) is 37.1 Å². The van der Waals surface area contributed by atoms with E-state index in [-0.39, 0.29) is 12.1 Å². The monoisotopic (exact) mass is 418 g/mol. The summed E-state index contributed by atoms with van der Waals surface area (Å²) in [6.07, 6.45) is 2.86. The maximum Gasteiger partial charge on any atom is 0.373 e. The van der Waals surface area contributed by atoms with Crippen LogP contribution in [0.1, 0.15) is 70.3 Å². The first-order chi connectivity index (χ1) is 14.0. The number of carbonyl (C=O) groups is 1. The summed E-state index contributed by atoms with van der Waals surface area (Å²) in [6.45, 7) is 18.0. The standard InChI is InChI=1S/C23H38N2O2.CO2/c1-22(2,3)20-10-13-25(14-11-20)15-12-24-17-18-8-7-9-19(16-18)21(26)27-23(4,5)6;2-1-3/h7-9,16,20,24H,10-15,17H2,1-6H3;. The van der Waals surface area contributed by atoms with E-state index in [9.17, 15) is 4.79 Å². The van der Waals surface area contributed by atoms with E-state index in [1.54, 1.807) is 0 Å². The highest BCUT2D eigenvalue weighted by atomic mass is 16.6. The van der Waals surface area contributed by atoms with Gasteiger partial charge in [0.05, 0.1) is 5.56 Å². The summed E-state index contributed by atoms with van der Waals surface area (Å²) in [5.41, 5.74) is 1.70. The van der Waals surface area contributed by atoms with Crippen LogP contribution in [0.2, 0.25) is 0 Å². The topological polar surface area (TPSA) is 75.7 Å². The minimum atomic E-state index is -0.466. The van der Waals surface area contributed by atoms with Gasteiger partial charge in [0.25, 0.3) is 0 Å². The molecule has 0 saturated carbocycles. The van der Waals surface area contributed by atoms with Crippen LogP contribution in [0.15, 0.2) is 24.3 Å². The lowest BCUT2D eigenvalue weighted by Gasteiger charge is -2.38. The molecule has 0 bridgehead atoms. The van der Waals surface area contributed by atoms with Crippen molar-refractivity contribution in [2.24, 2.45) is 11.3 Å². The highest BCUT2D eigenvalue weighted by Crippen LogP contribution is 2.34. The fraction of sp³-hybridized carbons (Fsp3) is 0.667. The number of carbonyl (C=O) groups excluding carboxylic acids is 3. The van der Waals surface area contributed by atoms with Crippen LogP contribution in [0.3, 0.4) is 0 Å². The zero-order chi connectivity index (χ0) is 22.8. The fourth-order valence-electron chi connectivity index (χ4n) is 3.64. The average molecular weight is 419 g/mol.